The molecule has 4 aromatic rings. The van der Waals surface area contributed by atoms with Gasteiger partial charge in [-0.1, -0.05) is 30.3 Å². The van der Waals surface area contributed by atoms with Gasteiger partial charge < -0.3 is 9.32 Å². The average molecular weight is 451 g/mol. The smallest absolute Gasteiger partial charge is 0.273 e. The van der Waals surface area contributed by atoms with Crippen molar-refractivity contribution in [2.75, 3.05) is 26.2 Å². The summed E-state index contributed by atoms with van der Waals surface area (Å²) in [5, 5.41) is 3.94. The van der Waals surface area contributed by atoms with Gasteiger partial charge in [0.2, 0.25) is 0 Å². The van der Waals surface area contributed by atoms with Gasteiger partial charge in [0.25, 0.3) is 5.91 Å². The summed E-state index contributed by atoms with van der Waals surface area (Å²) in [4.78, 5) is 27.6. The molecule has 0 spiro atoms. The number of thiazole rings is 2. The predicted molar refractivity (Wildman–Crippen MR) is 123 cm³/mol. The average Bonchev–Trinajstić information content (AvgIpc) is 3.56. The lowest BCUT2D eigenvalue weighted by atomic mass is 10.2. The fraction of sp³-hybridized carbons (Fsp3) is 0.261. The third-order valence-corrected chi connectivity index (χ3v) is 7.27. The molecule has 0 N–H and O–H groups in total. The Labute approximate surface area is 188 Å². The highest BCUT2D eigenvalue weighted by Gasteiger charge is 2.26. The number of nitrogens with zero attached hydrogens (tertiary/aromatic N) is 4. The zero-order valence-corrected chi connectivity index (χ0v) is 18.8. The Hall–Kier alpha value is -2.81. The summed E-state index contributed by atoms with van der Waals surface area (Å²) < 4.78 is 5.42. The molecule has 0 aliphatic carbocycles. The summed E-state index contributed by atoms with van der Waals surface area (Å²) in [6, 6.07) is 14.0. The minimum Gasteiger partial charge on any atom is -0.462 e. The topological polar surface area (TPSA) is 62.5 Å². The fourth-order valence-corrected chi connectivity index (χ4v) is 5.37. The first-order valence-corrected chi connectivity index (χ1v) is 11.9. The van der Waals surface area contributed by atoms with Crippen LogP contribution in [0.25, 0.3) is 21.3 Å². The van der Waals surface area contributed by atoms with Crippen LogP contribution in [0.5, 0.6) is 0 Å². The van der Waals surface area contributed by atoms with Crippen molar-refractivity contribution in [2.45, 2.75) is 13.5 Å². The van der Waals surface area contributed by atoms with Crippen molar-refractivity contribution in [3.8, 4) is 21.3 Å². The Morgan fingerprint density at radius 1 is 1.03 bits per heavy atom. The van der Waals surface area contributed by atoms with Crippen LogP contribution in [0.15, 0.2) is 58.5 Å². The molecule has 1 aromatic carbocycles. The standard InChI is InChI=1S/C23H22N4O2S2/c1-16-20(25-22(31-16)19-8-5-13-29-19)23(28)27-11-9-26(10-12-27)14-18-15-30-21(24-18)17-6-3-2-4-7-17/h2-8,13,15H,9-12,14H2,1H3. The zero-order valence-electron chi connectivity index (χ0n) is 17.2. The van der Waals surface area contributed by atoms with E-state index in [2.05, 4.69) is 27.4 Å². The van der Waals surface area contributed by atoms with E-state index in [0.29, 0.717) is 24.5 Å². The second-order valence-electron chi connectivity index (χ2n) is 7.48. The van der Waals surface area contributed by atoms with Crippen molar-refractivity contribution in [3.63, 3.8) is 0 Å². The second-order valence-corrected chi connectivity index (χ2v) is 9.54. The number of hydrogen-bond donors (Lipinski definition) is 0. The van der Waals surface area contributed by atoms with Gasteiger partial charge in [0.15, 0.2) is 10.8 Å². The van der Waals surface area contributed by atoms with Gasteiger partial charge in [-0.25, -0.2) is 9.97 Å². The van der Waals surface area contributed by atoms with Crippen molar-refractivity contribution in [1.82, 2.24) is 19.8 Å². The molecule has 1 saturated heterocycles. The summed E-state index contributed by atoms with van der Waals surface area (Å²) in [6.07, 6.45) is 1.62. The maximum absolute atomic E-state index is 13.0. The Balaban J connectivity index is 1.19. The van der Waals surface area contributed by atoms with E-state index in [1.807, 2.05) is 42.2 Å². The molecule has 0 unspecified atom stereocenters. The van der Waals surface area contributed by atoms with E-state index in [0.717, 1.165) is 45.8 Å². The van der Waals surface area contributed by atoms with Gasteiger partial charge in [-0.3, -0.25) is 9.69 Å². The molecule has 5 rings (SSSR count). The van der Waals surface area contributed by atoms with Crippen LogP contribution < -0.4 is 0 Å². The van der Waals surface area contributed by atoms with Crippen LogP contribution >= 0.6 is 22.7 Å². The highest BCUT2D eigenvalue weighted by Crippen LogP contribution is 2.29. The van der Waals surface area contributed by atoms with Gasteiger partial charge in [0, 0.05) is 48.5 Å². The first kappa shape index (κ1) is 20.1. The number of benzene rings is 1. The molecule has 8 heteroatoms. The van der Waals surface area contributed by atoms with Crippen molar-refractivity contribution >= 4 is 28.6 Å². The molecule has 1 aliphatic rings. The summed E-state index contributed by atoms with van der Waals surface area (Å²) >= 11 is 3.18. The number of rotatable bonds is 5. The lowest BCUT2D eigenvalue weighted by Crippen LogP contribution is -2.48. The van der Waals surface area contributed by atoms with E-state index >= 15 is 0 Å². The van der Waals surface area contributed by atoms with Crippen LogP contribution in [0.3, 0.4) is 0 Å². The molecule has 4 heterocycles. The van der Waals surface area contributed by atoms with Crippen molar-refractivity contribution in [1.29, 1.82) is 0 Å². The highest BCUT2D eigenvalue weighted by molar-refractivity contribution is 7.15. The number of amides is 1. The highest BCUT2D eigenvalue weighted by atomic mass is 32.1. The molecular formula is C23H22N4O2S2. The van der Waals surface area contributed by atoms with Gasteiger partial charge >= 0.3 is 0 Å². The van der Waals surface area contributed by atoms with Crippen molar-refractivity contribution in [3.05, 3.63) is 70.4 Å². The Kier molecular flexibility index (Phi) is 5.67. The van der Waals surface area contributed by atoms with Gasteiger partial charge in [-0.2, -0.15) is 0 Å². The Morgan fingerprint density at radius 3 is 2.58 bits per heavy atom. The van der Waals surface area contributed by atoms with Crippen LogP contribution in [0.1, 0.15) is 21.1 Å². The van der Waals surface area contributed by atoms with Gasteiger partial charge in [0.05, 0.1) is 12.0 Å². The number of furan rings is 1. The number of aromatic nitrogens is 2. The fourth-order valence-electron chi connectivity index (χ4n) is 3.68. The molecule has 3 aromatic heterocycles. The van der Waals surface area contributed by atoms with Gasteiger partial charge in [0.1, 0.15) is 10.7 Å². The molecular weight excluding hydrogens is 428 g/mol. The minimum atomic E-state index is 0.00577. The van der Waals surface area contributed by atoms with E-state index in [9.17, 15) is 4.79 Å². The summed E-state index contributed by atoms with van der Waals surface area (Å²) in [5.41, 5.74) is 2.78. The number of piperazine rings is 1. The summed E-state index contributed by atoms with van der Waals surface area (Å²) in [7, 11) is 0. The van der Waals surface area contributed by atoms with Crippen LogP contribution in [0.2, 0.25) is 0 Å². The number of aryl methyl sites for hydroxylation is 1. The molecule has 0 bridgehead atoms. The number of hydrogen-bond acceptors (Lipinski definition) is 7. The maximum Gasteiger partial charge on any atom is 0.273 e. The Bertz CT molecular complexity index is 1160. The second kappa shape index (κ2) is 8.74. The third kappa shape index (κ3) is 4.32. The molecule has 1 amide bonds. The summed E-state index contributed by atoms with van der Waals surface area (Å²) in [6.45, 7) is 5.81. The SMILES string of the molecule is Cc1sc(-c2ccco2)nc1C(=O)N1CCN(Cc2csc(-c3ccccc3)n2)CC1. The molecule has 0 atom stereocenters. The van der Waals surface area contributed by atoms with Crippen molar-refractivity contribution in [2.24, 2.45) is 0 Å². The van der Waals surface area contributed by atoms with Crippen LogP contribution in [0.4, 0.5) is 0 Å². The van der Waals surface area contributed by atoms with Crippen LogP contribution in [-0.2, 0) is 6.54 Å². The Morgan fingerprint density at radius 2 is 1.84 bits per heavy atom. The number of carbonyl (C=O) groups is 1. The van der Waals surface area contributed by atoms with E-state index in [1.165, 1.54) is 11.3 Å². The quantitative estimate of drug-likeness (QED) is 0.437. The predicted octanol–water partition coefficient (Wildman–Crippen LogP) is 4.79. The van der Waals surface area contributed by atoms with Gasteiger partial charge in [-0.15, -0.1) is 22.7 Å². The summed E-state index contributed by atoms with van der Waals surface area (Å²) in [5.74, 6) is 0.710. The van der Waals surface area contributed by atoms with E-state index in [4.69, 9.17) is 9.40 Å². The minimum absolute atomic E-state index is 0.00577. The number of carbonyl (C=O) groups excluding carboxylic acids is 1. The molecule has 6 nitrogen and oxygen atoms in total. The molecule has 1 fully saturated rings. The van der Waals surface area contributed by atoms with Gasteiger partial charge in [-0.05, 0) is 19.1 Å². The first-order valence-electron chi connectivity index (χ1n) is 10.2. The molecule has 1 aliphatic heterocycles. The van der Waals surface area contributed by atoms with Crippen LogP contribution in [-0.4, -0.2) is 51.9 Å². The van der Waals surface area contributed by atoms with Crippen LogP contribution in [0, 0.1) is 6.92 Å². The molecule has 0 saturated carbocycles. The zero-order chi connectivity index (χ0) is 21.2. The lowest BCUT2D eigenvalue weighted by Gasteiger charge is -2.34. The molecule has 158 valence electrons. The maximum atomic E-state index is 13.0. The largest absolute Gasteiger partial charge is 0.462 e. The lowest BCUT2D eigenvalue weighted by molar-refractivity contribution is 0.0621. The molecule has 0 radical (unpaired) electrons. The van der Waals surface area contributed by atoms with E-state index < -0.39 is 0 Å². The van der Waals surface area contributed by atoms with E-state index in [-0.39, 0.29) is 5.91 Å². The third-order valence-electron chi connectivity index (χ3n) is 5.35. The van der Waals surface area contributed by atoms with E-state index in [1.54, 1.807) is 17.6 Å². The van der Waals surface area contributed by atoms with Crippen molar-refractivity contribution < 1.29 is 9.21 Å². The molecule has 31 heavy (non-hydrogen) atoms. The monoisotopic (exact) mass is 450 g/mol. The normalized spacial score (nSPS) is 14.8. The first-order chi connectivity index (χ1) is 15.2.